The van der Waals surface area contributed by atoms with Gasteiger partial charge in [-0.25, -0.2) is 0 Å². The third-order valence-corrected chi connectivity index (χ3v) is 10.4. The topological polar surface area (TPSA) is 110 Å². The van der Waals surface area contributed by atoms with E-state index < -0.39 is 36.9 Å². The summed E-state index contributed by atoms with van der Waals surface area (Å²) in [5.41, 5.74) is 0. The van der Waals surface area contributed by atoms with Crippen LogP contribution in [0.1, 0.15) is 226 Å². The Labute approximate surface area is 316 Å². The number of aliphatic hydroxyl groups is 4. The van der Waals surface area contributed by atoms with E-state index in [0.717, 1.165) is 44.9 Å². The number of unbranched alkanes of at least 4 members (excludes halogenated alkanes) is 27. The number of allylic oxidation sites excluding steroid dienone is 4. The van der Waals surface area contributed by atoms with Gasteiger partial charge in [-0.05, 0) is 64.2 Å². The number of rotatable bonds is 40. The molecule has 0 spiro atoms. The zero-order valence-corrected chi connectivity index (χ0v) is 33.9. The van der Waals surface area contributed by atoms with Gasteiger partial charge in [0.15, 0.2) is 0 Å². The van der Waals surface area contributed by atoms with E-state index in [2.05, 4.69) is 43.5 Å². The average Bonchev–Trinajstić information content (AvgIpc) is 3.13. The Morgan fingerprint density at radius 1 is 0.471 bits per heavy atom. The van der Waals surface area contributed by atoms with E-state index in [1.54, 1.807) is 0 Å². The van der Waals surface area contributed by atoms with Gasteiger partial charge in [0.2, 0.25) is 5.91 Å². The van der Waals surface area contributed by atoms with Gasteiger partial charge in [-0.3, -0.25) is 4.79 Å². The van der Waals surface area contributed by atoms with Crippen LogP contribution in [0.25, 0.3) is 0 Å². The molecule has 0 aromatic rings. The molecule has 4 unspecified atom stereocenters. The van der Waals surface area contributed by atoms with Gasteiger partial charge in [-0.2, -0.15) is 0 Å². The van der Waals surface area contributed by atoms with Crippen LogP contribution in [0.3, 0.4) is 0 Å². The Balaban J connectivity index is 3.74. The monoisotopic (exact) mass is 722 g/mol. The first kappa shape index (κ1) is 49.8. The van der Waals surface area contributed by atoms with Crippen LogP contribution in [0, 0.1) is 0 Å². The maximum Gasteiger partial charge on any atom is 0.249 e. The summed E-state index contributed by atoms with van der Waals surface area (Å²) in [4.78, 5) is 12.5. The fraction of sp³-hybridized carbons (Fsp3) is 0.889. The molecule has 0 saturated heterocycles. The Hall–Kier alpha value is -1.21. The van der Waals surface area contributed by atoms with Crippen LogP contribution >= 0.6 is 0 Å². The van der Waals surface area contributed by atoms with Crippen LogP contribution in [-0.4, -0.2) is 57.3 Å². The summed E-state index contributed by atoms with van der Waals surface area (Å²) in [5.74, 6) is -0.598. The van der Waals surface area contributed by atoms with Crippen LogP contribution in [-0.2, 0) is 4.79 Å². The molecule has 51 heavy (non-hydrogen) atoms. The standard InChI is InChI=1S/C45H87NO5/c1-3-5-7-9-11-13-15-17-18-19-20-21-22-23-24-25-27-29-31-33-35-37-39-43(49)45(51)46-41(40-47)44(50)42(48)38-36-34-32-30-28-26-16-14-12-10-8-6-4-2/h23-24,30,32,41-44,47-50H,3-22,25-29,31,33-40H2,1-2H3,(H,46,51)/b24-23-,32-30+. The van der Waals surface area contributed by atoms with E-state index >= 15 is 0 Å². The highest BCUT2D eigenvalue weighted by Crippen LogP contribution is 2.15. The Bertz CT molecular complexity index is 772. The molecule has 0 heterocycles. The molecule has 0 aromatic carbocycles. The summed E-state index contributed by atoms with van der Waals surface area (Å²) < 4.78 is 0. The highest BCUT2D eigenvalue weighted by Gasteiger charge is 2.28. The van der Waals surface area contributed by atoms with E-state index in [0.29, 0.717) is 12.8 Å². The molecule has 0 aliphatic rings. The molecule has 1 amide bonds. The van der Waals surface area contributed by atoms with Crippen LogP contribution < -0.4 is 5.32 Å². The smallest absolute Gasteiger partial charge is 0.249 e. The molecule has 6 nitrogen and oxygen atoms in total. The molecule has 0 saturated carbocycles. The van der Waals surface area contributed by atoms with Gasteiger partial charge in [0.25, 0.3) is 0 Å². The van der Waals surface area contributed by atoms with Crippen molar-refractivity contribution in [2.24, 2.45) is 0 Å². The van der Waals surface area contributed by atoms with Gasteiger partial charge in [-0.1, -0.05) is 186 Å². The number of hydrogen-bond donors (Lipinski definition) is 5. The minimum absolute atomic E-state index is 0.357. The molecule has 0 bridgehead atoms. The maximum atomic E-state index is 12.5. The molecule has 0 aromatic heterocycles. The normalized spacial score (nSPS) is 14.4. The van der Waals surface area contributed by atoms with Crippen LogP contribution in [0.5, 0.6) is 0 Å². The lowest BCUT2D eigenvalue weighted by Crippen LogP contribution is -2.53. The van der Waals surface area contributed by atoms with Gasteiger partial charge in [0.1, 0.15) is 12.2 Å². The van der Waals surface area contributed by atoms with Crippen molar-refractivity contribution in [1.82, 2.24) is 5.32 Å². The molecule has 0 aliphatic carbocycles. The predicted octanol–water partition coefficient (Wildman–Crippen LogP) is 11.6. The second-order valence-electron chi connectivity index (χ2n) is 15.4. The van der Waals surface area contributed by atoms with E-state index in [1.807, 2.05) is 0 Å². The van der Waals surface area contributed by atoms with E-state index in [1.165, 1.54) is 154 Å². The second kappa shape index (κ2) is 40.0. The fourth-order valence-corrected chi connectivity index (χ4v) is 6.81. The predicted molar refractivity (Wildman–Crippen MR) is 219 cm³/mol. The molecule has 6 heteroatoms. The van der Waals surface area contributed by atoms with Crippen molar-refractivity contribution < 1.29 is 25.2 Å². The Kier molecular flexibility index (Phi) is 39.0. The summed E-state index contributed by atoms with van der Waals surface area (Å²) in [7, 11) is 0. The second-order valence-corrected chi connectivity index (χ2v) is 15.4. The summed E-state index contributed by atoms with van der Waals surface area (Å²) >= 11 is 0. The highest BCUT2D eigenvalue weighted by atomic mass is 16.3. The SMILES string of the molecule is CCCCCCCCCC/C=C/CCCC(O)C(O)C(CO)NC(=O)C(O)CCCCCCCC/C=C\CCCCCCCCCCCCCC. The van der Waals surface area contributed by atoms with Crippen molar-refractivity contribution in [3.63, 3.8) is 0 Å². The van der Waals surface area contributed by atoms with Crippen molar-refractivity contribution in [3.8, 4) is 0 Å². The van der Waals surface area contributed by atoms with Gasteiger partial charge in [-0.15, -0.1) is 0 Å². The largest absolute Gasteiger partial charge is 0.394 e. The third kappa shape index (κ3) is 34.3. The van der Waals surface area contributed by atoms with Crippen LogP contribution in [0.4, 0.5) is 0 Å². The van der Waals surface area contributed by atoms with Gasteiger partial charge < -0.3 is 25.7 Å². The summed E-state index contributed by atoms with van der Waals surface area (Å²) in [6, 6.07) is -1.00. The number of amides is 1. The quantitative estimate of drug-likeness (QED) is 0.0320. The Morgan fingerprint density at radius 3 is 1.18 bits per heavy atom. The van der Waals surface area contributed by atoms with Crippen molar-refractivity contribution in [1.29, 1.82) is 0 Å². The lowest BCUT2D eigenvalue weighted by atomic mass is 10.00. The first-order chi connectivity index (χ1) is 25.0. The first-order valence-corrected chi connectivity index (χ1v) is 22.2. The molecule has 0 radical (unpaired) electrons. The molecule has 5 N–H and O–H groups in total. The zero-order valence-electron chi connectivity index (χ0n) is 33.9. The van der Waals surface area contributed by atoms with Crippen LogP contribution in [0.15, 0.2) is 24.3 Å². The number of carbonyl (C=O) groups is 1. The average molecular weight is 722 g/mol. The fourth-order valence-electron chi connectivity index (χ4n) is 6.81. The number of nitrogens with one attached hydrogen (secondary N) is 1. The summed E-state index contributed by atoms with van der Waals surface area (Å²) in [6.45, 7) is 4.03. The van der Waals surface area contributed by atoms with Crippen molar-refractivity contribution in [3.05, 3.63) is 24.3 Å². The van der Waals surface area contributed by atoms with Crippen molar-refractivity contribution in [2.75, 3.05) is 6.61 Å². The maximum absolute atomic E-state index is 12.5. The summed E-state index contributed by atoms with van der Waals surface area (Å²) in [5, 5.41) is 43.6. The highest BCUT2D eigenvalue weighted by molar-refractivity contribution is 5.80. The molecular formula is C45H87NO5. The molecule has 0 rings (SSSR count). The van der Waals surface area contributed by atoms with Gasteiger partial charge >= 0.3 is 0 Å². The first-order valence-electron chi connectivity index (χ1n) is 22.2. The van der Waals surface area contributed by atoms with E-state index in [4.69, 9.17) is 0 Å². The minimum atomic E-state index is -1.28. The zero-order chi connectivity index (χ0) is 37.5. The van der Waals surface area contributed by atoms with E-state index in [-0.39, 0.29) is 0 Å². The van der Waals surface area contributed by atoms with Crippen molar-refractivity contribution >= 4 is 5.91 Å². The number of aliphatic hydroxyl groups excluding tert-OH is 4. The molecule has 0 aliphatic heterocycles. The Morgan fingerprint density at radius 2 is 0.804 bits per heavy atom. The van der Waals surface area contributed by atoms with Crippen LogP contribution in [0.2, 0.25) is 0 Å². The van der Waals surface area contributed by atoms with Crippen molar-refractivity contribution in [2.45, 2.75) is 250 Å². The minimum Gasteiger partial charge on any atom is -0.394 e. The lowest BCUT2D eigenvalue weighted by molar-refractivity contribution is -0.132. The number of hydrogen-bond acceptors (Lipinski definition) is 5. The molecule has 4 atom stereocenters. The number of carbonyl (C=O) groups excluding carboxylic acids is 1. The van der Waals surface area contributed by atoms with Gasteiger partial charge in [0.05, 0.1) is 18.8 Å². The molecule has 302 valence electrons. The molecular weight excluding hydrogens is 634 g/mol. The molecule has 0 fully saturated rings. The van der Waals surface area contributed by atoms with E-state index in [9.17, 15) is 25.2 Å². The van der Waals surface area contributed by atoms with Gasteiger partial charge in [0, 0.05) is 0 Å². The summed E-state index contributed by atoms with van der Waals surface area (Å²) in [6.07, 6.45) is 45.0. The lowest BCUT2D eigenvalue weighted by Gasteiger charge is -2.27. The third-order valence-electron chi connectivity index (χ3n) is 10.4.